The number of rotatable bonds is 8. The molecular weight excluding hydrogens is 442 g/mol. The van der Waals surface area contributed by atoms with Crippen LogP contribution >= 0.6 is 12.2 Å². The highest BCUT2D eigenvalue weighted by molar-refractivity contribution is 7.80. The Labute approximate surface area is 207 Å². The van der Waals surface area contributed by atoms with Gasteiger partial charge in [-0.3, -0.25) is 9.78 Å². The molecule has 34 heavy (non-hydrogen) atoms. The largest absolute Gasteiger partial charge is 0.352 e. The molecule has 1 aliphatic rings. The van der Waals surface area contributed by atoms with Gasteiger partial charge >= 0.3 is 0 Å². The van der Waals surface area contributed by atoms with Gasteiger partial charge in [-0.25, -0.2) is 0 Å². The SMILES string of the molecule is CCc1ccccc1NC(=O)CCN1C(=S)N[C@H](c2ccccn2)[C@H]1c1cc(C)n(CC)c1C. The molecule has 1 amide bonds. The van der Waals surface area contributed by atoms with Crippen LogP contribution in [0.5, 0.6) is 0 Å². The molecule has 0 unspecified atom stereocenters. The predicted molar refractivity (Wildman–Crippen MR) is 141 cm³/mol. The number of nitrogens with zero attached hydrogens (tertiary/aromatic N) is 3. The van der Waals surface area contributed by atoms with E-state index in [0.29, 0.717) is 18.1 Å². The molecule has 7 heteroatoms. The fraction of sp³-hybridized carbons (Fsp3) is 0.370. The Bertz CT molecular complexity index is 1170. The van der Waals surface area contributed by atoms with E-state index in [9.17, 15) is 4.79 Å². The third-order valence-corrected chi connectivity index (χ3v) is 7.05. The Balaban J connectivity index is 1.59. The van der Waals surface area contributed by atoms with Crippen molar-refractivity contribution in [2.45, 2.75) is 59.2 Å². The van der Waals surface area contributed by atoms with Gasteiger partial charge in [0.15, 0.2) is 5.11 Å². The number of thiocarbonyl (C=S) groups is 1. The summed E-state index contributed by atoms with van der Waals surface area (Å²) < 4.78 is 2.32. The summed E-state index contributed by atoms with van der Waals surface area (Å²) in [6.45, 7) is 9.99. The summed E-state index contributed by atoms with van der Waals surface area (Å²) in [5.41, 5.74) is 6.63. The zero-order valence-corrected chi connectivity index (χ0v) is 21.2. The van der Waals surface area contributed by atoms with Crippen molar-refractivity contribution in [3.8, 4) is 0 Å². The summed E-state index contributed by atoms with van der Waals surface area (Å²) in [4.78, 5) is 19.7. The number of carbonyl (C=O) groups is 1. The minimum atomic E-state index is -0.0802. The van der Waals surface area contributed by atoms with Gasteiger partial charge < -0.3 is 20.1 Å². The Morgan fingerprint density at radius 3 is 2.59 bits per heavy atom. The molecule has 4 rings (SSSR count). The first-order chi connectivity index (χ1) is 16.4. The quantitative estimate of drug-likeness (QED) is 0.445. The van der Waals surface area contributed by atoms with E-state index >= 15 is 0 Å². The van der Waals surface area contributed by atoms with Gasteiger partial charge in [-0.2, -0.15) is 0 Å². The van der Waals surface area contributed by atoms with Gasteiger partial charge in [0, 0.05) is 42.8 Å². The summed E-state index contributed by atoms with van der Waals surface area (Å²) in [5, 5.41) is 7.23. The van der Waals surface area contributed by atoms with Crippen molar-refractivity contribution < 1.29 is 4.79 Å². The Morgan fingerprint density at radius 2 is 1.91 bits per heavy atom. The average Bonchev–Trinajstić information content (AvgIpc) is 3.32. The average molecular weight is 476 g/mol. The lowest BCUT2D eigenvalue weighted by molar-refractivity contribution is -0.116. The zero-order chi connectivity index (χ0) is 24.2. The lowest BCUT2D eigenvalue weighted by atomic mass is 9.96. The Kier molecular flexibility index (Phi) is 7.32. The van der Waals surface area contributed by atoms with Crippen LogP contribution in [0.15, 0.2) is 54.7 Å². The van der Waals surface area contributed by atoms with E-state index in [0.717, 1.165) is 29.9 Å². The number of carbonyl (C=O) groups excluding carboxylic acids is 1. The van der Waals surface area contributed by atoms with E-state index in [1.807, 2.05) is 48.7 Å². The standard InChI is InChI=1S/C27H33N5OS/c1-5-20-11-7-8-12-22(20)29-24(33)14-16-32-26(21-17-18(3)31(6-2)19(21)4)25(30-27(32)34)23-13-9-10-15-28-23/h7-13,15,17,25-26H,5-6,14,16H2,1-4H3,(H,29,33)(H,30,34)/t25-,26-/m1/s1. The molecule has 1 aliphatic heterocycles. The number of para-hydroxylation sites is 1. The van der Waals surface area contributed by atoms with Crippen LogP contribution in [0.1, 0.15) is 60.6 Å². The molecule has 2 N–H and O–H groups in total. The number of pyridine rings is 1. The van der Waals surface area contributed by atoms with Crippen molar-refractivity contribution in [3.63, 3.8) is 0 Å². The second kappa shape index (κ2) is 10.4. The Hall–Kier alpha value is -3.19. The van der Waals surface area contributed by atoms with Crippen LogP contribution in [0.4, 0.5) is 5.69 Å². The summed E-state index contributed by atoms with van der Waals surface area (Å²) in [7, 11) is 0. The fourth-order valence-corrected chi connectivity index (χ4v) is 5.32. The fourth-order valence-electron chi connectivity index (χ4n) is 4.98. The molecule has 3 aromatic rings. The number of amides is 1. The van der Waals surface area contributed by atoms with Gasteiger partial charge in [0.05, 0.1) is 17.8 Å². The molecule has 2 aromatic heterocycles. The molecule has 0 aliphatic carbocycles. The van der Waals surface area contributed by atoms with Crippen LogP contribution in [-0.4, -0.2) is 32.0 Å². The van der Waals surface area contributed by atoms with Crippen LogP contribution in [0, 0.1) is 13.8 Å². The van der Waals surface area contributed by atoms with E-state index in [1.165, 1.54) is 17.0 Å². The molecule has 3 heterocycles. The van der Waals surface area contributed by atoms with Crippen molar-refractivity contribution >= 4 is 28.9 Å². The van der Waals surface area contributed by atoms with Gasteiger partial charge in [0.1, 0.15) is 0 Å². The van der Waals surface area contributed by atoms with Crippen LogP contribution in [0.3, 0.4) is 0 Å². The summed E-state index contributed by atoms with van der Waals surface area (Å²) in [5.74, 6) is -0.0113. The lowest BCUT2D eigenvalue weighted by Crippen LogP contribution is -2.33. The maximum Gasteiger partial charge on any atom is 0.226 e. The van der Waals surface area contributed by atoms with E-state index in [1.54, 1.807) is 0 Å². The predicted octanol–water partition coefficient (Wildman–Crippen LogP) is 5.08. The summed E-state index contributed by atoms with van der Waals surface area (Å²) in [6.07, 6.45) is 3.03. The highest BCUT2D eigenvalue weighted by Crippen LogP contribution is 2.40. The first kappa shape index (κ1) is 24.0. The summed E-state index contributed by atoms with van der Waals surface area (Å²) in [6, 6.07) is 16.0. The van der Waals surface area contributed by atoms with Crippen molar-refractivity contribution in [2.75, 3.05) is 11.9 Å². The third-order valence-electron chi connectivity index (χ3n) is 6.70. The maximum atomic E-state index is 12.9. The van der Waals surface area contributed by atoms with Gasteiger partial charge in [0.2, 0.25) is 5.91 Å². The molecule has 1 aromatic carbocycles. The first-order valence-electron chi connectivity index (χ1n) is 12.0. The highest BCUT2D eigenvalue weighted by atomic mass is 32.1. The number of aryl methyl sites for hydroxylation is 2. The zero-order valence-electron chi connectivity index (χ0n) is 20.3. The van der Waals surface area contributed by atoms with Crippen molar-refractivity contribution in [2.24, 2.45) is 0 Å². The Morgan fingerprint density at radius 1 is 1.15 bits per heavy atom. The van der Waals surface area contributed by atoms with E-state index in [2.05, 4.69) is 58.8 Å². The van der Waals surface area contributed by atoms with Crippen LogP contribution in [0.2, 0.25) is 0 Å². The van der Waals surface area contributed by atoms with E-state index in [-0.39, 0.29) is 18.0 Å². The van der Waals surface area contributed by atoms with Crippen LogP contribution < -0.4 is 10.6 Å². The smallest absolute Gasteiger partial charge is 0.226 e. The summed E-state index contributed by atoms with van der Waals surface area (Å²) >= 11 is 5.78. The number of hydrogen-bond acceptors (Lipinski definition) is 3. The minimum Gasteiger partial charge on any atom is -0.352 e. The third kappa shape index (κ3) is 4.71. The van der Waals surface area contributed by atoms with Gasteiger partial charge in [-0.15, -0.1) is 0 Å². The number of hydrogen-bond donors (Lipinski definition) is 2. The van der Waals surface area contributed by atoms with Gasteiger partial charge in [0.25, 0.3) is 0 Å². The first-order valence-corrected chi connectivity index (χ1v) is 12.4. The van der Waals surface area contributed by atoms with Crippen molar-refractivity contribution in [1.29, 1.82) is 0 Å². The topological polar surface area (TPSA) is 62.2 Å². The monoisotopic (exact) mass is 475 g/mol. The molecule has 178 valence electrons. The van der Waals surface area contributed by atoms with Gasteiger partial charge in [-0.1, -0.05) is 31.2 Å². The molecular formula is C27H33N5OS. The lowest BCUT2D eigenvalue weighted by Gasteiger charge is -2.28. The van der Waals surface area contributed by atoms with Crippen molar-refractivity contribution in [1.82, 2.24) is 19.8 Å². The number of anilines is 1. The van der Waals surface area contributed by atoms with E-state index in [4.69, 9.17) is 12.2 Å². The maximum absolute atomic E-state index is 12.9. The molecule has 1 fully saturated rings. The minimum absolute atomic E-state index is 0.0113. The molecule has 0 saturated carbocycles. The molecule has 0 radical (unpaired) electrons. The molecule has 0 spiro atoms. The van der Waals surface area contributed by atoms with Crippen LogP contribution in [0.25, 0.3) is 0 Å². The normalized spacial score (nSPS) is 17.6. The number of nitrogens with one attached hydrogen (secondary N) is 2. The number of benzene rings is 1. The number of aromatic nitrogens is 2. The molecule has 0 bridgehead atoms. The molecule has 1 saturated heterocycles. The molecule has 2 atom stereocenters. The molecule has 6 nitrogen and oxygen atoms in total. The van der Waals surface area contributed by atoms with Gasteiger partial charge in [-0.05, 0) is 74.8 Å². The second-order valence-electron chi connectivity index (χ2n) is 8.70. The second-order valence-corrected chi connectivity index (χ2v) is 9.09. The highest BCUT2D eigenvalue weighted by Gasteiger charge is 2.41. The van der Waals surface area contributed by atoms with Crippen LogP contribution in [-0.2, 0) is 17.8 Å². The van der Waals surface area contributed by atoms with Crippen molar-refractivity contribution in [3.05, 3.63) is 82.9 Å². The van der Waals surface area contributed by atoms with E-state index < -0.39 is 0 Å².